The van der Waals surface area contributed by atoms with Gasteiger partial charge in [-0.3, -0.25) is 14.9 Å². The summed E-state index contributed by atoms with van der Waals surface area (Å²) < 4.78 is 10.7. The second-order valence-electron chi connectivity index (χ2n) is 7.67. The third kappa shape index (κ3) is 4.52. The lowest BCUT2D eigenvalue weighted by atomic mass is 10.0. The summed E-state index contributed by atoms with van der Waals surface area (Å²) in [6, 6.07) is 14.9. The van der Waals surface area contributed by atoms with E-state index in [-0.39, 0.29) is 16.8 Å². The van der Waals surface area contributed by atoms with Crippen LogP contribution >= 0.6 is 0 Å². The van der Waals surface area contributed by atoms with Gasteiger partial charge in [-0.25, -0.2) is 9.80 Å². The summed E-state index contributed by atoms with van der Waals surface area (Å²) in [7, 11) is 0. The van der Waals surface area contributed by atoms with Gasteiger partial charge in [0.2, 0.25) is 0 Å². The number of amides is 1. The third-order valence-electron chi connectivity index (χ3n) is 5.47. The monoisotopic (exact) mass is 447 g/mol. The number of carbonyl (C=O) groups is 2. The number of nitrogens with zero attached hydrogens (tertiary/aromatic N) is 3. The number of aryl methyl sites for hydroxylation is 1. The van der Waals surface area contributed by atoms with Crippen molar-refractivity contribution in [3.8, 4) is 0 Å². The van der Waals surface area contributed by atoms with Crippen LogP contribution in [0.3, 0.4) is 0 Å². The van der Waals surface area contributed by atoms with Crippen LogP contribution in [0.4, 0.5) is 5.69 Å². The Kier molecular flexibility index (Phi) is 6.03. The average molecular weight is 447 g/mol. The first-order valence-corrected chi connectivity index (χ1v) is 10.3. The van der Waals surface area contributed by atoms with Crippen LogP contribution in [0, 0.1) is 24.0 Å². The van der Waals surface area contributed by atoms with Gasteiger partial charge < -0.3 is 9.15 Å². The van der Waals surface area contributed by atoms with Crippen LogP contribution in [-0.2, 0) is 9.53 Å². The fraction of sp³-hybridized carbons (Fsp3) is 0.208. The minimum absolute atomic E-state index is 0.0323. The molecule has 0 saturated heterocycles. The molecule has 2 heterocycles. The molecular weight excluding hydrogens is 426 g/mol. The molecule has 9 nitrogen and oxygen atoms in total. The number of rotatable bonds is 6. The molecular formula is C24H21N3O6. The van der Waals surface area contributed by atoms with Crippen molar-refractivity contribution in [1.29, 1.82) is 0 Å². The Labute approximate surface area is 189 Å². The molecule has 1 atom stereocenters. The van der Waals surface area contributed by atoms with E-state index in [0.29, 0.717) is 17.9 Å². The summed E-state index contributed by atoms with van der Waals surface area (Å²) in [5.41, 5.74) is 2.72. The maximum Gasteiger partial charge on any atom is 0.339 e. The van der Waals surface area contributed by atoms with Gasteiger partial charge in [-0.2, -0.15) is 5.10 Å². The van der Waals surface area contributed by atoms with Gasteiger partial charge in [0.05, 0.1) is 22.5 Å². The number of nitro benzene ring substituents is 1. The van der Waals surface area contributed by atoms with Gasteiger partial charge in [-0.1, -0.05) is 35.9 Å². The van der Waals surface area contributed by atoms with E-state index in [0.717, 1.165) is 11.1 Å². The highest BCUT2D eigenvalue weighted by molar-refractivity contribution is 6.03. The van der Waals surface area contributed by atoms with Gasteiger partial charge in [0.25, 0.3) is 11.6 Å². The summed E-state index contributed by atoms with van der Waals surface area (Å²) >= 11 is 0. The fourth-order valence-electron chi connectivity index (χ4n) is 3.68. The molecule has 0 unspecified atom stereocenters. The van der Waals surface area contributed by atoms with E-state index in [2.05, 4.69) is 5.10 Å². The zero-order chi connectivity index (χ0) is 23.5. The minimum atomic E-state index is -0.818. The van der Waals surface area contributed by atoms with Gasteiger partial charge in [-0.05, 0) is 37.6 Å². The van der Waals surface area contributed by atoms with E-state index in [1.807, 2.05) is 31.2 Å². The summed E-state index contributed by atoms with van der Waals surface area (Å²) in [5.74, 6) is -0.786. The normalized spacial score (nSPS) is 15.3. The zero-order valence-electron chi connectivity index (χ0n) is 18.1. The molecule has 2 aromatic carbocycles. The maximum absolute atomic E-state index is 13.0. The predicted molar refractivity (Wildman–Crippen MR) is 119 cm³/mol. The first-order valence-electron chi connectivity index (χ1n) is 10.3. The second kappa shape index (κ2) is 9.07. The Morgan fingerprint density at radius 2 is 1.91 bits per heavy atom. The number of ether oxygens (including phenoxy) is 1. The smallest absolute Gasteiger partial charge is 0.339 e. The van der Waals surface area contributed by atoms with Crippen LogP contribution in [0.2, 0.25) is 0 Å². The summed E-state index contributed by atoms with van der Waals surface area (Å²) in [6.45, 7) is 2.88. The Bertz CT molecular complexity index is 1230. The summed E-state index contributed by atoms with van der Waals surface area (Å²) in [5, 5.41) is 16.9. The first kappa shape index (κ1) is 21.9. The van der Waals surface area contributed by atoms with Crippen LogP contribution in [0.25, 0.3) is 0 Å². The van der Waals surface area contributed by atoms with Crippen molar-refractivity contribution in [2.24, 2.45) is 5.10 Å². The number of carbonyl (C=O) groups excluding carboxylic acids is 2. The van der Waals surface area contributed by atoms with Crippen molar-refractivity contribution < 1.29 is 23.7 Å². The molecule has 1 aliphatic rings. The molecule has 1 aliphatic heterocycles. The van der Waals surface area contributed by atoms with Gasteiger partial charge >= 0.3 is 5.97 Å². The van der Waals surface area contributed by atoms with E-state index in [1.54, 1.807) is 12.1 Å². The van der Waals surface area contributed by atoms with E-state index < -0.39 is 29.4 Å². The van der Waals surface area contributed by atoms with Crippen molar-refractivity contribution in [3.05, 3.63) is 99.0 Å². The standard InChI is InChI=1S/C24H21N3O6/c1-15-8-10-17(11-9-15)19-13-21(22-7-4-12-32-22)26(25-19)23(28)14-33-24(29)18-5-3-6-20(16(18)2)27(30)31/h3-12,21H,13-14H2,1-2H3/t21-/m0/s1. The number of nitro groups is 1. The topological polar surface area (TPSA) is 115 Å². The molecule has 0 aliphatic carbocycles. The largest absolute Gasteiger partial charge is 0.467 e. The Morgan fingerprint density at radius 3 is 2.58 bits per heavy atom. The molecule has 0 N–H and O–H groups in total. The number of hydrogen-bond donors (Lipinski definition) is 0. The summed E-state index contributed by atoms with van der Waals surface area (Å²) in [4.78, 5) is 36.0. The average Bonchev–Trinajstić information content (AvgIpc) is 3.48. The van der Waals surface area contributed by atoms with E-state index in [9.17, 15) is 19.7 Å². The SMILES string of the molecule is Cc1ccc(C2=NN(C(=O)COC(=O)c3cccc([N+](=O)[O-])c3C)[C@H](c3ccco3)C2)cc1. The number of benzene rings is 2. The van der Waals surface area contributed by atoms with Gasteiger partial charge in [-0.15, -0.1) is 0 Å². The molecule has 9 heteroatoms. The van der Waals surface area contributed by atoms with E-state index in [4.69, 9.17) is 9.15 Å². The summed E-state index contributed by atoms with van der Waals surface area (Å²) in [6.07, 6.45) is 1.97. The Balaban J connectivity index is 1.52. The molecule has 168 valence electrons. The molecule has 1 amide bonds. The van der Waals surface area contributed by atoms with Gasteiger partial charge in [0.15, 0.2) is 6.61 Å². The zero-order valence-corrected chi connectivity index (χ0v) is 18.1. The highest BCUT2D eigenvalue weighted by Crippen LogP contribution is 2.33. The maximum atomic E-state index is 13.0. The van der Waals surface area contributed by atoms with Crippen LogP contribution in [0.1, 0.15) is 45.3 Å². The van der Waals surface area contributed by atoms with Crippen LogP contribution in [0.5, 0.6) is 0 Å². The minimum Gasteiger partial charge on any atom is -0.467 e. The Morgan fingerprint density at radius 1 is 1.15 bits per heavy atom. The predicted octanol–water partition coefficient (Wildman–Crippen LogP) is 4.34. The van der Waals surface area contributed by atoms with Gasteiger partial charge in [0.1, 0.15) is 11.8 Å². The highest BCUT2D eigenvalue weighted by atomic mass is 16.6. The van der Waals surface area contributed by atoms with Crippen molar-refractivity contribution in [3.63, 3.8) is 0 Å². The second-order valence-corrected chi connectivity index (χ2v) is 7.67. The molecule has 4 rings (SSSR count). The molecule has 0 bridgehead atoms. The van der Waals surface area contributed by atoms with Gasteiger partial charge in [0, 0.05) is 18.1 Å². The molecule has 0 saturated carbocycles. The number of furan rings is 1. The lowest BCUT2D eigenvalue weighted by Gasteiger charge is -2.19. The third-order valence-corrected chi connectivity index (χ3v) is 5.47. The molecule has 1 aromatic heterocycles. The highest BCUT2D eigenvalue weighted by Gasteiger charge is 2.35. The quantitative estimate of drug-likeness (QED) is 0.315. The lowest BCUT2D eigenvalue weighted by molar-refractivity contribution is -0.385. The molecule has 0 fully saturated rings. The van der Waals surface area contributed by atoms with Crippen molar-refractivity contribution in [2.45, 2.75) is 26.3 Å². The van der Waals surface area contributed by atoms with Crippen LogP contribution in [0.15, 0.2) is 70.4 Å². The fourth-order valence-corrected chi connectivity index (χ4v) is 3.68. The van der Waals surface area contributed by atoms with E-state index >= 15 is 0 Å². The lowest BCUT2D eigenvalue weighted by Crippen LogP contribution is -2.31. The number of esters is 1. The van der Waals surface area contributed by atoms with Crippen molar-refractivity contribution in [2.75, 3.05) is 6.61 Å². The van der Waals surface area contributed by atoms with Crippen LogP contribution in [-0.4, -0.2) is 34.1 Å². The van der Waals surface area contributed by atoms with Crippen molar-refractivity contribution >= 4 is 23.3 Å². The molecule has 0 radical (unpaired) electrons. The Hall–Kier alpha value is -4.27. The van der Waals surface area contributed by atoms with E-state index in [1.165, 1.54) is 36.4 Å². The van der Waals surface area contributed by atoms with Crippen molar-refractivity contribution in [1.82, 2.24) is 5.01 Å². The number of hydrogen-bond acceptors (Lipinski definition) is 7. The van der Waals surface area contributed by atoms with Crippen LogP contribution < -0.4 is 0 Å². The number of hydrazone groups is 1. The molecule has 3 aromatic rings. The first-order chi connectivity index (χ1) is 15.8. The molecule has 33 heavy (non-hydrogen) atoms. The molecule has 0 spiro atoms.